The van der Waals surface area contributed by atoms with Gasteiger partial charge in [0.25, 0.3) is 0 Å². The lowest BCUT2D eigenvalue weighted by molar-refractivity contribution is -0.119. The van der Waals surface area contributed by atoms with Crippen molar-refractivity contribution in [3.8, 4) is 0 Å². The molecule has 1 aliphatic rings. The number of aryl methyl sites for hydroxylation is 2. The lowest BCUT2D eigenvalue weighted by Crippen LogP contribution is -2.32. The van der Waals surface area contributed by atoms with Crippen LogP contribution in [0.4, 0.5) is 5.82 Å². The first-order chi connectivity index (χ1) is 8.97. The van der Waals surface area contributed by atoms with E-state index < -0.39 is 5.97 Å². The minimum Gasteiger partial charge on any atom is -0.478 e. The average Bonchev–Trinajstić information content (AvgIpc) is 3.08. The molecule has 102 valence electrons. The van der Waals surface area contributed by atoms with Crippen molar-refractivity contribution < 1.29 is 14.7 Å². The topological polar surface area (TPSA) is 91.3 Å². The zero-order chi connectivity index (χ0) is 14.0. The number of hydrogen-bond donors (Lipinski definition) is 3. The SMILES string of the molecule is Cc1cc(C)c(C(=O)O)c(NCC(=O)NC2CC2)n1. The van der Waals surface area contributed by atoms with E-state index in [9.17, 15) is 14.7 Å². The van der Waals surface area contributed by atoms with Gasteiger partial charge in [0.1, 0.15) is 11.4 Å². The number of aromatic carboxylic acids is 1. The first kappa shape index (κ1) is 13.3. The molecule has 3 N–H and O–H groups in total. The molecule has 1 heterocycles. The number of nitrogens with zero attached hydrogens (tertiary/aromatic N) is 1. The molecule has 19 heavy (non-hydrogen) atoms. The molecule has 0 spiro atoms. The molecule has 0 atom stereocenters. The van der Waals surface area contributed by atoms with Crippen LogP contribution in [0.1, 0.15) is 34.5 Å². The van der Waals surface area contributed by atoms with Gasteiger partial charge in [0.15, 0.2) is 0 Å². The van der Waals surface area contributed by atoms with Gasteiger partial charge in [-0.15, -0.1) is 0 Å². The fourth-order valence-electron chi connectivity index (χ4n) is 1.91. The van der Waals surface area contributed by atoms with Crippen LogP contribution in [0.3, 0.4) is 0 Å². The van der Waals surface area contributed by atoms with Crippen LogP contribution in [0.2, 0.25) is 0 Å². The van der Waals surface area contributed by atoms with Crippen molar-refractivity contribution in [3.05, 3.63) is 22.9 Å². The first-order valence-electron chi connectivity index (χ1n) is 6.22. The zero-order valence-corrected chi connectivity index (χ0v) is 11.0. The molecule has 0 bridgehead atoms. The van der Waals surface area contributed by atoms with Crippen molar-refractivity contribution >= 4 is 17.7 Å². The van der Waals surface area contributed by atoms with Crippen LogP contribution < -0.4 is 10.6 Å². The monoisotopic (exact) mass is 263 g/mol. The van der Waals surface area contributed by atoms with Gasteiger partial charge in [-0.2, -0.15) is 0 Å². The van der Waals surface area contributed by atoms with E-state index in [1.165, 1.54) is 0 Å². The third-order valence-electron chi connectivity index (χ3n) is 2.92. The molecule has 0 aliphatic heterocycles. The fraction of sp³-hybridized carbons (Fsp3) is 0.462. The summed E-state index contributed by atoms with van der Waals surface area (Å²) in [5.74, 6) is -0.939. The van der Waals surface area contributed by atoms with Crippen molar-refractivity contribution in [2.24, 2.45) is 0 Å². The molecule has 0 radical (unpaired) electrons. The highest BCUT2D eigenvalue weighted by molar-refractivity contribution is 5.95. The highest BCUT2D eigenvalue weighted by Crippen LogP contribution is 2.20. The number of nitrogens with one attached hydrogen (secondary N) is 2. The predicted octanol–water partition coefficient (Wildman–Crippen LogP) is 1.09. The maximum atomic E-state index is 11.6. The summed E-state index contributed by atoms with van der Waals surface area (Å²) in [5.41, 5.74) is 1.46. The number of carboxylic acids is 1. The van der Waals surface area contributed by atoms with Crippen molar-refractivity contribution in [1.29, 1.82) is 0 Å². The second kappa shape index (κ2) is 5.26. The summed E-state index contributed by atoms with van der Waals surface area (Å²) < 4.78 is 0. The minimum absolute atomic E-state index is 0.0344. The predicted molar refractivity (Wildman–Crippen MR) is 70.3 cm³/mol. The Balaban J connectivity index is 2.09. The molecule has 2 rings (SSSR count). The van der Waals surface area contributed by atoms with Crippen LogP contribution in [0, 0.1) is 13.8 Å². The van der Waals surface area contributed by atoms with Gasteiger partial charge in [0.2, 0.25) is 5.91 Å². The summed E-state index contributed by atoms with van der Waals surface area (Å²) in [5, 5.41) is 14.8. The van der Waals surface area contributed by atoms with Crippen LogP contribution in [0.25, 0.3) is 0 Å². The molecule has 6 heteroatoms. The Hall–Kier alpha value is -2.11. The Bertz CT molecular complexity index is 524. The van der Waals surface area contributed by atoms with Crippen molar-refractivity contribution in [1.82, 2.24) is 10.3 Å². The first-order valence-corrected chi connectivity index (χ1v) is 6.22. The van der Waals surface area contributed by atoms with Crippen LogP contribution in [-0.2, 0) is 4.79 Å². The molecule has 1 fully saturated rings. The average molecular weight is 263 g/mol. The van der Waals surface area contributed by atoms with E-state index in [4.69, 9.17) is 0 Å². The number of amides is 1. The Labute approximate surface area is 111 Å². The molecular weight excluding hydrogens is 246 g/mol. The second-order valence-electron chi connectivity index (χ2n) is 4.80. The highest BCUT2D eigenvalue weighted by atomic mass is 16.4. The van der Waals surface area contributed by atoms with Crippen molar-refractivity contribution in [3.63, 3.8) is 0 Å². The molecule has 1 aliphatic carbocycles. The smallest absolute Gasteiger partial charge is 0.339 e. The van der Waals surface area contributed by atoms with Gasteiger partial charge in [-0.3, -0.25) is 4.79 Å². The van der Waals surface area contributed by atoms with Gasteiger partial charge >= 0.3 is 5.97 Å². The number of anilines is 1. The van der Waals surface area contributed by atoms with E-state index >= 15 is 0 Å². The quantitative estimate of drug-likeness (QED) is 0.739. The molecule has 1 amide bonds. The lowest BCUT2D eigenvalue weighted by atomic mass is 10.1. The molecule has 6 nitrogen and oxygen atoms in total. The van der Waals surface area contributed by atoms with Gasteiger partial charge in [-0.05, 0) is 38.3 Å². The number of carboxylic acid groups (broad SMARTS) is 1. The normalized spacial score (nSPS) is 14.0. The third-order valence-corrected chi connectivity index (χ3v) is 2.92. The molecule has 1 aromatic rings. The zero-order valence-electron chi connectivity index (χ0n) is 11.0. The fourth-order valence-corrected chi connectivity index (χ4v) is 1.91. The summed E-state index contributed by atoms with van der Waals surface area (Å²) in [6.45, 7) is 3.54. The van der Waals surface area contributed by atoms with Crippen molar-refractivity contribution in [2.45, 2.75) is 32.7 Å². The Morgan fingerprint density at radius 2 is 2.11 bits per heavy atom. The standard InChI is InChI=1S/C13H17N3O3/c1-7-5-8(2)15-12(11(7)13(18)19)14-6-10(17)16-9-3-4-9/h5,9H,3-4,6H2,1-2H3,(H,14,15)(H,16,17)(H,18,19). The number of aromatic nitrogens is 1. The van der Waals surface area contributed by atoms with E-state index in [0.29, 0.717) is 17.3 Å². The molecule has 0 unspecified atom stereocenters. The van der Waals surface area contributed by atoms with Gasteiger partial charge < -0.3 is 15.7 Å². The molecule has 1 aromatic heterocycles. The number of pyridine rings is 1. The van der Waals surface area contributed by atoms with Gasteiger partial charge in [-0.1, -0.05) is 0 Å². The lowest BCUT2D eigenvalue weighted by Gasteiger charge is -2.11. The molecule has 1 saturated carbocycles. The van der Waals surface area contributed by atoms with Crippen LogP contribution in [0.5, 0.6) is 0 Å². The largest absolute Gasteiger partial charge is 0.478 e. The number of carbonyl (C=O) groups is 2. The van der Waals surface area contributed by atoms with E-state index in [0.717, 1.165) is 12.8 Å². The second-order valence-corrected chi connectivity index (χ2v) is 4.80. The highest BCUT2D eigenvalue weighted by Gasteiger charge is 2.23. The summed E-state index contributed by atoms with van der Waals surface area (Å²) in [6, 6.07) is 2.00. The summed E-state index contributed by atoms with van der Waals surface area (Å²) >= 11 is 0. The maximum absolute atomic E-state index is 11.6. The van der Waals surface area contributed by atoms with E-state index in [1.807, 2.05) is 0 Å². The molecule has 0 aromatic carbocycles. The van der Waals surface area contributed by atoms with Gasteiger partial charge in [0.05, 0.1) is 6.54 Å². The molecule has 0 saturated heterocycles. The minimum atomic E-state index is -1.05. The summed E-state index contributed by atoms with van der Waals surface area (Å²) in [4.78, 5) is 26.9. The van der Waals surface area contributed by atoms with Crippen LogP contribution >= 0.6 is 0 Å². The van der Waals surface area contributed by atoms with Crippen molar-refractivity contribution in [2.75, 3.05) is 11.9 Å². The van der Waals surface area contributed by atoms with Crippen LogP contribution in [-0.4, -0.2) is 34.6 Å². The summed E-state index contributed by atoms with van der Waals surface area (Å²) in [6.07, 6.45) is 2.04. The third kappa shape index (κ3) is 3.43. The van der Waals surface area contributed by atoms with E-state index in [2.05, 4.69) is 15.6 Å². The van der Waals surface area contributed by atoms with E-state index in [1.54, 1.807) is 19.9 Å². The van der Waals surface area contributed by atoms with Gasteiger partial charge in [0, 0.05) is 11.7 Å². The van der Waals surface area contributed by atoms with Crippen LogP contribution in [0.15, 0.2) is 6.07 Å². The molecular formula is C13H17N3O3. The Kier molecular flexibility index (Phi) is 3.69. The number of hydrogen-bond acceptors (Lipinski definition) is 4. The van der Waals surface area contributed by atoms with Gasteiger partial charge in [-0.25, -0.2) is 9.78 Å². The number of carbonyl (C=O) groups excluding carboxylic acids is 1. The Morgan fingerprint density at radius 1 is 1.42 bits per heavy atom. The Morgan fingerprint density at radius 3 is 2.68 bits per heavy atom. The number of rotatable bonds is 5. The summed E-state index contributed by atoms with van der Waals surface area (Å²) in [7, 11) is 0. The maximum Gasteiger partial charge on any atom is 0.339 e. The van der Waals surface area contributed by atoms with E-state index in [-0.39, 0.29) is 23.8 Å².